The van der Waals surface area contributed by atoms with Crippen LogP contribution in [0.3, 0.4) is 0 Å². The maximum atomic E-state index is 12.3. The number of carbonyl (C=O) groups is 1. The van der Waals surface area contributed by atoms with Crippen LogP contribution in [0, 0.1) is 0 Å². The number of ether oxygens (including phenoxy) is 1. The molecule has 7 nitrogen and oxygen atoms in total. The third-order valence-electron chi connectivity index (χ3n) is 3.96. The quantitative estimate of drug-likeness (QED) is 0.492. The van der Waals surface area contributed by atoms with E-state index < -0.39 is 5.91 Å². The molecule has 0 aliphatic heterocycles. The molecule has 0 saturated heterocycles. The summed E-state index contributed by atoms with van der Waals surface area (Å²) in [5.74, 6) is 0.0413. The molecular weight excluding hydrogens is 364 g/mol. The van der Waals surface area contributed by atoms with Crippen LogP contribution >= 0.6 is 11.3 Å². The molecule has 134 valence electrons. The third-order valence-corrected chi connectivity index (χ3v) is 4.85. The number of H-pyrrole nitrogens is 1. The zero-order valence-electron chi connectivity index (χ0n) is 14.2. The summed E-state index contributed by atoms with van der Waals surface area (Å²) in [7, 11) is 1.60. The molecule has 8 heteroatoms. The Kier molecular flexibility index (Phi) is 4.39. The predicted octanol–water partition coefficient (Wildman–Crippen LogP) is 4.93. The van der Waals surface area contributed by atoms with E-state index in [0.29, 0.717) is 15.9 Å². The van der Waals surface area contributed by atoms with E-state index in [-0.39, 0.29) is 17.3 Å². The van der Waals surface area contributed by atoms with E-state index in [4.69, 9.17) is 4.74 Å². The summed E-state index contributed by atoms with van der Waals surface area (Å²) in [5, 5.41) is 20.6. The van der Waals surface area contributed by atoms with E-state index in [0.717, 1.165) is 11.3 Å². The number of methoxy groups -OCH3 is 1. The SMILES string of the molecule is COc1ccc(-c2nc(C(=O)N=Nc3c(O)[nH]c4ccccc34)cs2)cc1. The molecule has 0 unspecified atom stereocenters. The summed E-state index contributed by atoms with van der Waals surface area (Å²) in [6.07, 6.45) is 0. The Morgan fingerprint density at radius 1 is 1.19 bits per heavy atom. The van der Waals surface area contributed by atoms with Gasteiger partial charge in [0.25, 0.3) is 0 Å². The number of hydrogen-bond acceptors (Lipinski definition) is 6. The molecule has 0 bridgehead atoms. The van der Waals surface area contributed by atoms with Gasteiger partial charge in [-0.25, -0.2) is 4.98 Å². The van der Waals surface area contributed by atoms with Gasteiger partial charge >= 0.3 is 5.91 Å². The van der Waals surface area contributed by atoms with E-state index in [1.807, 2.05) is 36.4 Å². The lowest BCUT2D eigenvalue weighted by Crippen LogP contribution is -1.93. The highest BCUT2D eigenvalue weighted by Gasteiger charge is 2.14. The summed E-state index contributed by atoms with van der Waals surface area (Å²) in [6.45, 7) is 0. The Morgan fingerprint density at radius 2 is 1.96 bits per heavy atom. The molecule has 0 aliphatic rings. The predicted molar refractivity (Wildman–Crippen MR) is 103 cm³/mol. The summed E-state index contributed by atoms with van der Waals surface area (Å²) in [4.78, 5) is 19.4. The molecule has 1 amide bonds. The van der Waals surface area contributed by atoms with Crippen molar-refractivity contribution in [3.8, 4) is 22.2 Å². The molecule has 2 aromatic heterocycles. The zero-order chi connectivity index (χ0) is 18.8. The van der Waals surface area contributed by atoms with E-state index in [2.05, 4.69) is 20.2 Å². The second kappa shape index (κ2) is 7.00. The lowest BCUT2D eigenvalue weighted by atomic mass is 10.2. The number of aromatic hydroxyl groups is 1. The van der Waals surface area contributed by atoms with Gasteiger partial charge in [0.05, 0.1) is 12.6 Å². The summed E-state index contributed by atoms with van der Waals surface area (Å²) in [5.41, 5.74) is 2.02. The number of benzene rings is 2. The Hall–Kier alpha value is -3.52. The maximum Gasteiger partial charge on any atom is 0.314 e. The van der Waals surface area contributed by atoms with Crippen molar-refractivity contribution in [1.82, 2.24) is 9.97 Å². The zero-order valence-corrected chi connectivity index (χ0v) is 15.0. The molecule has 0 atom stereocenters. The molecular formula is C19H14N4O3S. The van der Waals surface area contributed by atoms with E-state index in [1.165, 1.54) is 11.3 Å². The minimum Gasteiger partial charge on any atom is -0.497 e. The second-order valence-corrected chi connectivity index (χ2v) is 6.50. The van der Waals surface area contributed by atoms with Crippen molar-refractivity contribution >= 4 is 33.8 Å². The number of aromatic nitrogens is 2. The Morgan fingerprint density at radius 3 is 2.74 bits per heavy atom. The summed E-state index contributed by atoms with van der Waals surface area (Å²) in [6, 6.07) is 14.6. The van der Waals surface area contributed by atoms with E-state index in [1.54, 1.807) is 24.6 Å². The fourth-order valence-electron chi connectivity index (χ4n) is 2.60. The van der Waals surface area contributed by atoms with Gasteiger partial charge in [-0.2, -0.15) is 0 Å². The Labute approximate surface area is 158 Å². The van der Waals surface area contributed by atoms with Crippen molar-refractivity contribution in [1.29, 1.82) is 0 Å². The number of fused-ring (bicyclic) bond motifs is 1. The monoisotopic (exact) mass is 378 g/mol. The van der Waals surface area contributed by atoms with Crippen LogP contribution in [0.2, 0.25) is 0 Å². The van der Waals surface area contributed by atoms with Gasteiger partial charge in [-0.15, -0.1) is 21.6 Å². The first-order valence-corrected chi connectivity index (χ1v) is 8.89. The molecule has 0 fully saturated rings. The van der Waals surface area contributed by atoms with E-state index >= 15 is 0 Å². The van der Waals surface area contributed by atoms with Crippen LogP contribution in [0.4, 0.5) is 5.69 Å². The number of nitrogens with one attached hydrogen (secondary N) is 1. The van der Waals surface area contributed by atoms with Gasteiger partial charge < -0.3 is 14.8 Å². The van der Waals surface area contributed by atoms with Crippen LogP contribution < -0.4 is 4.74 Å². The average Bonchev–Trinajstić information content (AvgIpc) is 3.31. The number of hydrogen-bond donors (Lipinski definition) is 2. The smallest absolute Gasteiger partial charge is 0.314 e. The van der Waals surface area contributed by atoms with Crippen LogP contribution in [0.1, 0.15) is 10.5 Å². The van der Waals surface area contributed by atoms with Crippen molar-refractivity contribution < 1.29 is 14.6 Å². The molecule has 0 spiro atoms. The topological polar surface area (TPSA) is 99.9 Å². The number of amides is 1. The van der Waals surface area contributed by atoms with Crippen molar-refractivity contribution in [2.45, 2.75) is 0 Å². The summed E-state index contributed by atoms with van der Waals surface area (Å²) < 4.78 is 5.13. The Bertz CT molecular complexity index is 1150. The lowest BCUT2D eigenvalue weighted by Gasteiger charge is -1.99. The highest BCUT2D eigenvalue weighted by molar-refractivity contribution is 7.13. The van der Waals surface area contributed by atoms with Gasteiger partial charge in [-0.1, -0.05) is 18.2 Å². The number of para-hydroxylation sites is 1. The van der Waals surface area contributed by atoms with Gasteiger partial charge in [-0.3, -0.25) is 4.79 Å². The normalized spacial score (nSPS) is 11.3. The number of aromatic amines is 1. The second-order valence-electron chi connectivity index (χ2n) is 5.64. The standard InChI is InChI=1S/C19H14N4O3S/c1-26-12-8-6-11(7-9-12)19-21-15(10-27-19)17(24)23-22-16-13-4-2-3-5-14(13)20-18(16)25/h2-10,20,25H,1H3. The first-order chi connectivity index (χ1) is 13.2. The number of rotatable bonds is 4. The highest BCUT2D eigenvalue weighted by atomic mass is 32.1. The first-order valence-electron chi connectivity index (χ1n) is 8.01. The molecule has 4 aromatic rings. The van der Waals surface area contributed by atoms with Gasteiger partial charge in [0.2, 0.25) is 5.88 Å². The average molecular weight is 378 g/mol. The fourth-order valence-corrected chi connectivity index (χ4v) is 3.40. The van der Waals surface area contributed by atoms with Gasteiger partial charge in [0, 0.05) is 16.3 Å². The maximum absolute atomic E-state index is 12.3. The van der Waals surface area contributed by atoms with Gasteiger partial charge in [0.1, 0.15) is 16.5 Å². The first kappa shape index (κ1) is 16.9. The lowest BCUT2D eigenvalue weighted by molar-refractivity contribution is 0.0991. The largest absolute Gasteiger partial charge is 0.497 e. The minimum absolute atomic E-state index is 0.134. The fraction of sp³-hybridized carbons (Fsp3) is 0.0526. The van der Waals surface area contributed by atoms with Crippen molar-refractivity contribution in [2.24, 2.45) is 10.2 Å². The summed E-state index contributed by atoms with van der Waals surface area (Å²) >= 11 is 1.34. The van der Waals surface area contributed by atoms with Crippen LogP contribution in [0.5, 0.6) is 11.6 Å². The van der Waals surface area contributed by atoms with Crippen LogP contribution in [-0.2, 0) is 0 Å². The van der Waals surface area contributed by atoms with Crippen LogP contribution in [0.25, 0.3) is 21.5 Å². The molecule has 4 rings (SSSR count). The number of thiazole rings is 1. The molecule has 2 aromatic carbocycles. The highest BCUT2D eigenvalue weighted by Crippen LogP contribution is 2.35. The van der Waals surface area contributed by atoms with Crippen LogP contribution in [-0.4, -0.2) is 28.1 Å². The van der Waals surface area contributed by atoms with Gasteiger partial charge in [-0.05, 0) is 30.3 Å². The molecule has 0 aliphatic carbocycles. The number of nitrogens with zero attached hydrogens (tertiary/aromatic N) is 3. The molecule has 0 radical (unpaired) electrons. The minimum atomic E-state index is -0.573. The van der Waals surface area contributed by atoms with Crippen LogP contribution in [0.15, 0.2) is 64.1 Å². The number of azo groups is 1. The van der Waals surface area contributed by atoms with E-state index in [9.17, 15) is 9.90 Å². The Balaban J connectivity index is 1.57. The van der Waals surface area contributed by atoms with Gasteiger partial charge in [0.15, 0.2) is 5.69 Å². The van der Waals surface area contributed by atoms with Crippen molar-refractivity contribution in [2.75, 3.05) is 7.11 Å². The number of carbonyl (C=O) groups excluding carboxylic acids is 1. The molecule has 27 heavy (non-hydrogen) atoms. The molecule has 2 heterocycles. The molecule has 2 N–H and O–H groups in total. The molecule has 0 saturated carbocycles. The third kappa shape index (κ3) is 3.30. The van der Waals surface area contributed by atoms with Crippen molar-refractivity contribution in [3.05, 3.63) is 59.6 Å². The van der Waals surface area contributed by atoms with Crippen molar-refractivity contribution in [3.63, 3.8) is 0 Å².